The van der Waals surface area contributed by atoms with E-state index in [9.17, 15) is 14.0 Å². The Bertz CT molecular complexity index is 1690. The number of aryl methyl sites for hydroxylation is 1. The molecule has 42 heavy (non-hydrogen) atoms. The van der Waals surface area contributed by atoms with Crippen LogP contribution in [0.4, 0.5) is 14.9 Å². The topological polar surface area (TPSA) is 114 Å². The zero-order valence-electron chi connectivity index (χ0n) is 23.9. The minimum atomic E-state index is -1.44. The maximum absolute atomic E-state index is 14.5. The Kier molecular flexibility index (Phi) is 8.81. The number of nitrogen functional groups attached to an aromatic ring is 1. The SMILES string of the molecule is CC.Cc1cc2n(c(=O)c1COC(=O)O)Cc1c-2nc2cc(F)c(N)cc2c1CN1CCN(Sc2ccccc2)CC1. The van der Waals surface area contributed by atoms with E-state index in [2.05, 4.69) is 21.3 Å². The van der Waals surface area contributed by atoms with Crippen molar-refractivity contribution in [2.45, 2.75) is 45.4 Å². The van der Waals surface area contributed by atoms with E-state index in [0.717, 1.165) is 42.7 Å². The molecule has 4 aromatic rings. The standard InChI is InChI=1S/C29H28FN5O4S.C2H6/c1-17-11-26-27-21(15-35(26)28(36)22(17)16-39-29(37)38)20(19-12-24(31)23(30)13-25(19)32-27)14-33-7-9-34(10-8-33)40-18-5-3-2-4-6-18;1-2/h2-6,11-13H,7-10,14-16,31H2,1H3,(H,37,38);1-2H3. The molecule has 2 aliphatic heterocycles. The smallest absolute Gasteiger partial charge is 0.450 e. The molecule has 2 aromatic carbocycles. The van der Waals surface area contributed by atoms with Crippen molar-refractivity contribution in [3.8, 4) is 11.4 Å². The number of rotatable bonds is 6. The number of pyridine rings is 2. The molecular weight excluding hydrogens is 557 g/mol. The molecule has 0 unspecified atom stereocenters. The summed E-state index contributed by atoms with van der Waals surface area (Å²) >= 11 is 1.75. The van der Waals surface area contributed by atoms with Crippen LogP contribution in [-0.4, -0.2) is 56.2 Å². The zero-order chi connectivity index (χ0) is 30.0. The van der Waals surface area contributed by atoms with Gasteiger partial charge in [0.1, 0.15) is 12.4 Å². The lowest BCUT2D eigenvalue weighted by Gasteiger charge is -2.34. The van der Waals surface area contributed by atoms with Gasteiger partial charge in [0, 0.05) is 54.6 Å². The molecule has 9 nitrogen and oxygen atoms in total. The molecule has 0 amide bonds. The zero-order valence-corrected chi connectivity index (χ0v) is 24.7. The summed E-state index contributed by atoms with van der Waals surface area (Å²) in [5.41, 5.74) is 10.2. The molecule has 2 aromatic heterocycles. The number of hydrogen-bond donors (Lipinski definition) is 2. The molecule has 11 heteroatoms. The van der Waals surface area contributed by atoms with Gasteiger partial charge in [0.25, 0.3) is 5.56 Å². The van der Waals surface area contributed by atoms with Crippen LogP contribution in [-0.2, 0) is 24.4 Å². The van der Waals surface area contributed by atoms with Gasteiger partial charge in [0.15, 0.2) is 0 Å². The second-order valence-electron chi connectivity index (χ2n) is 10.1. The van der Waals surface area contributed by atoms with Crippen molar-refractivity contribution in [3.63, 3.8) is 0 Å². The van der Waals surface area contributed by atoms with Crippen LogP contribution in [0.3, 0.4) is 0 Å². The average Bonchev–Trinajstić information content (AvgIpc) is 3.34. The minimum Gasteiger partial charge on any atom is -0.450 e. The van der Waals surface area contributed by atoms with Gasteiger partial charge in [-0.1, -0.05) is 32.0 Å². The van der Waals surface area contributed by atoms with Gasteiger partial charge in [-0.25, -0.2) is 18.5 Å². The first kappa shape index (κ1) is 29.6. The number of benzene rings is 2. The van der Waals surface area contributed by atoms with Gasteiger partial charge in [0.05, 0.1) is 34.7 Å². The minimum absolute atomic E-state index is 0.0520. The third kappa shape index (κ3) is 5.85. The summed E-state index contributed by atoms with van der Waals surface area (Å²) in [6, 6.07) is 15.1. The number of nitrogens with two attached hydrogens (primary N) is 1. The molecule has 0 bridgehead atoms. The Morgan fingerprint density at radius 1 is 1.10 bits per heavy atom. The number of ether oxygens (including phenoxy) is 1. The van der Waals surface area contributed by atoms with Crippen molar-refractivity contribution in [2.75, 3.05) is 31.9 Å². The van der Waals surface area contributed by atoms with Gasteiger partial charge in [0.2, 0.25) is 0 Å². The summed E-state index contributed by atoms with van der Waals surface area (Å²) < 4.78 is 23.2. The molecule has 220 valence electrons. The van der Waals surface area contributed by atoms with Crippen LogP contribution in [0.25, 0.3) is 22.3 Å². The highest BCUT2D eigenvalue weighted by Gasteiger charge is 2.29. The van der Waals surface area contributed by atoms with E-state index in [4.69, 9.17) is 20.6 Å². The van der Waals surface area contributed by atoms with E-state index in [1.54, 1.807) is 29.5 Å². The van der Waals surface area contributed by atoms with Gasteiger partial charge in [-0.05, 0) is 54.3 Å². The lowest BCUT2D eigenvalue weighted by molar-refractivity contribution is 0.0848. The van der Waals surface area contributed by atoms with Crippen LogP contribution in [0, 0.1) is 12.7 Å². The quantitative estimate of drug-likeness (QED) is 0.150. The molecule has 1 fully saturated rings. The normalized spacial score (nSPS) is 14.7. The highest BCUT2D eigenvalue weighted by molar-refractivity contribution is 7.97. The predicted octanol–water partition coefficient (Wildman–Crippen LogP) is 5.50. The van der Waals surface area contributed by atoms with E-state index in [0.29, 0.717) is 29.0 Å². The number of piperazine rings is 1. The first-order valence-corrected chi connectivity index (χ1v) is 14.8. The van der Waals surface area contributed by atoms with Crippen LogP contribution in [0.5, 0.6) is 0 Å². The van der Waals surface area contributed by atoms with Crippen molar-refractivity contribution in [1.29, 1.82) is 0 Å². The fraction of sp³-hybridized carbons (Fsp3) is 0.323. The Labute approximate surface area is 247 Å². The monoisotopic (exact) mass is 591 g/mol. The van der Waals surface area contributed by atoms with E-state index in [-0.39, 0.29) is 30.0 Å². The van der Waals surface area contributed by atoms with Crippen LogP contribution < -0.4 is 11.3 Å². The maximum Gasteiger partial charge on any atom is 0.506 e. The number of halogens is 1. The van der Waals surface area contributed by atoms with E-state index in [1.165, 1.54) is 11.0 Å². The van der Waals surface area contributed by atoms with Crippen LogP contribution >= 0.6 is 11.9 Å². The van der Waals surface area contributed by atoms with Crippen molar-refractivity contribution < 1.29 is 19.0 Å². The summed E-state index contributed by atoms with van der Waals surface area (Å²) in [5, 5.41) is 9.71. The molecule has 1 saturated heterocycles. The number of nitrogens with zero attached hydrogens (tertiary/aromatic N) is 4. The van der Waals surface area contributed by atoms with Gasteiger partial charge < -0.3 is 20.1 Å². The average molecular weight is 592 g/mol. The predicted molar refractivity (Wildman–Crippen MR) is 163 cm³/mol. The molecule has 0 radical (unpaired) electrons. The van der Waals surface area contributed by atoms with E-state index >= 15 is 0 Å². The molecule has 0 atom stereocenters. The molecule has 3 N–H and O–H groups in total. The fourth-order valence-corrected chi connectivity index (χ4v) is 6.36. The summed E-state index contributed by atoms with van der Waals surface area (Å²) in [4.78, 5) is 32.7. The lowest BCUT2D eigenvalue weighted by Crippen LogP contribution is -2.43. The lowest BCUT2D eigenvalue weighted by atomic mass is 9.99. The largest absolute Gasteiger partial charge is 0.506 e. The number of hydrogen-bond acceptors (Lipinski definition) is 8. The summed E-state index contributed by atoms with van der Waals surface area (Å²) in [6.45, 7) is 9.76. The second-order valence-corrected chi connectivity index (χ2v) is 11.2. The number of carboxylic acid groups (broad SMARTS) is 1. The number of anilines is 1. The summed E-state index contributed by atoms with van der Waals surface area (Å²) in [5.74, 6) is -0.537. The van der Waals surface area contributed by atoms with E-state index in [1.807, 2.05) is 38.1 Å². The van der Waals surface area contributed by atoms with Crippen molar-refractivity contribution in [1.82, 2.24) is 18.8 Å². The number of fused-ring (bicyclic) bond motifs is 4. The third-order valence-corrected chi connectivity index (χ3v) is 8.64. The molecule has 0 aliphatic carbocycles. The molecule has 0 saturated carbocycles. The molecule has 6 rings (SSSR count). The molecule has 0 spiro atoms. The van der Waals surface area contributed by atoms with Crippen molar-refractivity contribution >= 4 is 34.7 Å². The Balaban J connectivity index is 0.00000173. The maximum atomic E-state index is 14.5. The fourth-order valence-electron chi connectivity index (χ4n) is 5.43. The highest BCUT2D eigenvalue weighted by Crippen LogP contribution is 2.38. The van der Waals surface area contributed by atoms with Crippen LogP contribution in [0.1, 0.15) is 36.1 Å². The van der Waals surface area contributed by atoms with Crippen molar-refractivity contribution in [3.05, 3.63) is 87.0 Å². The van der Waals surface area contributed by atoms with Gasteiger partial charge >= 0.3 is 6.16 Å². The van der Waals surface area contributed by atoms with Gasteiger partial charge in [-0.3, -0.25) is 9.69 Å². The van der Waals surface area contributed by atoms with Gasteiger partial charge in [-0.15, -0.1) is 0 Å². The Hall–Kier alpha value is -3.93. The van der Waals surface area contributed by atoms with Crippen molar-refractivity contribution in [2.24, 2.45) is 0 Å². The Morgan fingerprint density at radius 3 is 2.50 bits per heavy atom. The highest BCUT2D eigenvalue weighted by atomic mass is 32.2. The molecular formula is C31H34FN5O4S. The van der Waals surface area contributed by atoms with E-state index < -0.39 is 12.0 Å². The summed E-state index contributed by atoms with van der Waals surface area (Å²) in [7, 11) is 0. The third-order valence-electron chi connectivity index (χ3n) is 7.54. The number of aromatic nitrogens is 2. The van der Waals surface area contributed by atoms with Crippen LogP contribution in [0.2, 0.25) is 0 Å². The van der Waals surface area contributed by atoms with Gasteiger partial charge in [-0.2, -0.15) is 0 Å². The van der Waals surface area contributed by atoms with Crippen LogP contribution in [0.15, 0.2) is 58.2 Å². The summed E-state index contributed by atoms with van der Waals surface area (Å²) in [6.07, 6.45) is -1.44. The Morgan fingerprint density at radius 2 is 1.81 bits per heavy atom. The first-order chi connectivity index (χ1) is 20.3. The molecule has 2 aliphatic rings. The second kappa shape index (κ2) is 12.5. The first-order valence-electron chi connectivity index (χ1n) is 14.0. The number of carbonyl (C=O) groups is 1. The molecule has 4 heterocycles.